The number of nitrogens with one attached hydrogen (secondary N) is 1. The van der Waals surface area contributed by atoms with Crippen LogP contribution in [0.5, 0.6) is 17.2 Å². The maximum Gasteiger partial charge on any atom is 0.231 e. The van der Waals surface area contributed by atoms with E-state index in [0.29, 0.717) is 35.3 Å². The summed E-state index contributed by atoms with van der Waals surface area (Å²) in [5, 5.41) is 3.45. The van der Waals surface area contributed by atoms with Crippen molar-refractivity contribution in [2.45, 2.75) is 19.3 Å². The molecule has 2 aliphatic heterocycles. The lowest BCUT2D eigenvalue weighted by Crippen LogP contribution is -2.23. The Balaban J connectivity index is 1.77. The van der Waals surface area contributed by atoms with E-state index < -0.39 is 0 Å². The van der Waals surface area contributed by atoms with Crippen LogP contribution in [0, 0.1) is 0 Å². The number of benzene rings is 2. The highest BCUT2D eigenvalue weighted by Crippen LogP contribution is 2.45. The number of hydrogen-bond donors (Lipinski definition) is 1. The number of amides is 1. The molecule has 0 fully saturated rings. The number of halogens is 1. The maximum atomic E-state index is 12.1. The lowest BCUT2D eigenvalue weighted by Gasteiger charge is -2.26. The van der Waals surface area contributed by atoms with Crippen molar-refractivity contribution in [1.82, 2.24) is 0 Å². The Bertz CT molecular complexity index is 821. The highest BCUT2D eigenvalue weighted by molar-refractivity contribution is 6.32. The molecule has 6 heteroatoms. The predicted octanol–water partition coefficient (Wildman–Crippen LogP) is 3.94. The standard InChI is InChI=1S/C18H16ClNO4/c1-2-22-15-4-3-10(5-13(15)19)11-7-18(21)20-14-8-17-16(6-12(11)14)23-9-24-17/h3-6,8,11H,2,7,9H2,1H3,(H,20,21)/t11-/m1/s1. The maximum absolute atomic E-state index is 12.1. The Morgan fingerprint density at radius 3 is 2.79 bits per heavy atom. The number of rotatable bonds is 3. The molecule has 1 amide bonds. The molecule has 0 spiro atoms. The minimum Gasteiger partial charge on any atom is -0.492 e. The molecule has 0 saturated carbocycles. The quantitative estimate of drug-likeness (QED) is 0.915. The number of ether oxygens (including phenoxy) is 3. The third-order valence-electron chi connectivity index (χ3n) is 4.24. The molecule has 0 bridgehead atoms. The topological polar surface area (TPSA) is 56.8 Å². The first-order valence-corrected chi connectivity index (χ1v) is 8.19. The van der Waals surface area contributed by atoms with Crippen LogP contribution in [0.1, 0.15) is 30.4 Å². The first-order valence-electron chi connectivity index (χ1n) is 7.81. The molecule has 2 aromatic carbocycles. The lowest BCUT2D eigenvalue weighted by molar-refractivity contribution is -0.116. The van der Waals surface area contributed by atoms with E-state index in [9.17, 15) is 4.79 Å². The predicted molar refractivity (Wildman–Crippen MR) is 90.3 cm³/mol. The fourth-order valence-corrected chi connectivity index (χ4v) is 3.40. The van der Waals surface area contributed by atoms with Gasteiger partial charge < -0.3 is 19.5 Å². The molecule has 124 valence electrons. The SMILES string of the molecule is CCOc1ccc([C@H]2CC(=O)Nc3cc4c(cc32)OCO4)cc1Cl. The second-order valence-corrected chi connectivity index (χ2v) is 6.13. The van der Waals surface area contributed by atoms with Crippen molar-refractivity contribution in [2.75, 3.05) is 18.7 Å². The van der Waals surface area contributed by atoms with Crippen LogP contribution in [-0.4, -0.2) is 19.3 Å². The van der Waals surface area contributed by atoms with Crippen LogP contribution in [0.15, 0.2) is 30.3 Å². The minimum atomic E-state index is -0.0866. The summed E-state index contributed by atoms with van der Waals surface area (Å²) >= 11 is 6.31. The van der Waals surface area contributed by atoms with Crippen molar-refractivity contribution in [1.29, 1.82) is 0 Å². The van der Waals surface area contributed by atoms with Gasteiger partial charge in [-0.25, -0.2) is 0 Å². The summed E-state index contributed by atoms with van der Waals surface area (Å²) in [5.74, 6) is 1.88. The van der Waals surface area contributed by atoms with E-state index in [-0.39, 0.29) is 18.6 Å². The van der Waals surface area contributed by atoms with Gasteiger partial charge in [0.15, 0.2) is 11.5 Å². The molecule has 2 aliphatic rings. The first kappa shape index (κ1) is 15.1. The summed E-state index contributed by atoms with van der Waals surface area (Å²) in [5.41, 5.74) is 2.73. The van der Waals surface area contributed by atoms with Gasteiger partial charge in [0.25, 0.3) is 0 Å². The van der Waals surface area contributed by atoms with Crippen LogP contribution in [0.2, 0.25) is 5.02 Å². The fraction of sp³-hybridized carbons (Fsp3) is 0.278. The van der Waals surface area contributed by atoms with Crippen molar-refractivity contribution in [3.8, 4) is 17.2 Å². The molecule has 4 rings (SSSR count). The molecule has 0 unspecified atom stereocenters. The first-order chi connectivity index (χ1) is 11.7. The van der Waals surface area contributed by atoms with Crippen LogP contribution >= 0.6 is 11.6 Å². The van der Waals surface area contributed by atoms with E-state index in [0.717, 1.165) is 16.8 Å². The molecule has 24 heavy (non-hydrogen) atoms. The van der Waals surface area contributed by atoms with Gasteiger partial charge in [0, 0.05) is 24.1 Å². The van der Waals surface area contributed by atoms with E-state index >= 15 is 0 Å². The molecule has 0 saturated heterocycles. The van der Waals surface area contributed by atoms with Gasteiger partial charge in [0.2, 0.25) is 12.7 Å². The second-order valence-electron chi connectivity index (χ2n) is 5.72. The Hall–Kier alpha value is -2.40. The van der Waals surface area contributed by atoms with Gasteiger partial charge in [0.05, 0.1) is 11.6 Å². The molecular weight excluding hydrogens is 330 g/mol. The van der Waals surface area contributed by atoms with Crippen molar-refractivity contribution in [3.63, 3.8) is 0 Å². The molecule has 0 radical (unpaired) electrons. The Morgan fingerprint density at radius 1 is 1.25 bits per heavy atom. The molecule has 1 atom stereocenters. The number of hydrogen-bond acceptors (Lipinski definition) is 4. The van der Waals surface area contributed by atoms with Gasteiger partial charge in [-0.3, -0.25) is 4.79 Å². The van der Waals surface area contributed by atoms with E-state index in [2.05, 4.69) is 5.32 Å². The van der Waals surface area contributed by atoms with E-state index in [1.165, 1.54) is 0 Å². The van der Waals surface area contributed by atoms with Gasteiger partial charge in [-0.15, -0.1) is 0 Å². The van der Waals surface area contributed by atoms with Gasteiger partial charge in [-0.05, 0) is 36.2 Å². The summed E-state index contributed by atoms with van der Waals surface area (Å²) in [7, 11) is 0. The highest BCUT2D eigenvalue weighted by Gasteiger charge is 2.30. The van der Waals surface area contributed by atoms with Crippen LogP contribution in [0.25, 0.3) is 0 Å². The van der Waals surface area contributed by atoms with Crippen LogP contribution < -0.4 is 19.5 Å². The van der Waals surface area contributed by atoms with Crippen molar-refractivity contribution in [3.05, 3.63) is 46.5 Å². The average Bonchev–Trinajstić information content (AvgIpc) is 3.01. The van der Waals surface area contributed by atoms with E-state index in [1.54, 1.807) is 0 Å². The summed E-state index contributed by atoms with van der Waals surface area (Å²) in [4.78, 5) is 12.1. The van der Waals surface area contributed by atoms with Gasteiger partial charge in [-0.1, -0.05) is 17.7 Å². The Morgan fingerprint density at radius 2 is 2.04 bits per heavy atom. The third kappa shape index (κ3) is 2.55. The van der Waals surface area contributed by atoms with Gasteiger partial charge in [-0.2, -0.15) is 0 Å². The highest BCUT2D eigenvalue weighted by atomic mass is 35.5. The van der Waals surface area contributed by atoms with Crippen molar-refractivity contribution in [2.24, 2.45) is 0 Å². The third-order valence-corrected chi connectivity index (χ3v) is 4.54. The molecule has 0 aliphatic carbocycles. The number of carbonyl (C=O) groups excluding carboxylic acids is 1. The second kappa shape index (κ2) is 5.91. The van der Waals surface area contributed by atoms with Gasteiger partial charge >= 0.3 is 0 Å². The lowest BCUT2D eigenvalue weighted by atomic mass is 9.84. The van der Waals surface area contributed by atoms with E-state index in [1.807, 2.05) is 37.3 Å². The number of anilines is 1. The summed E-state index contributed by atoms with van der Waals surface area (Å²) in [6, 6.07) is 9.42. The average molecular weight is 346 g/mol. The smallest absolute Gasteiger partial charge is 0.231 e. The normalized spacial score (nSPS) is 18.1. The largest absolute Gasteiger partial charge is 0.492 e. The van der Waals surface area contributed by atoms with E-state index in [4.69, 9.17) is 25.8 Å². The Kier molecular flexibility index (Phi) is 3.73. The summed E-state index contributed by atoms with van der Waals surface area (Å²) in [6.07, 6.45) is 0.358. The molecule has 2 heterocycles. The van der Waals surface area contributed by atoms with Gasteiger partial charge in [0.1, 0.15) is 5.75 Å². The molecular formula is C18H16ClNO4. The molecule has 2 aromatic rings. The Labute approximate surface area is 144 Å². The van der Waals surface area contributed by atoms with Crippen LogP contribution in [-0.2, 0) is 4.79 Å². The zero-order chi connectivity index (χ0) is 16.7. The zero-order valence-electron chi connectivity index (χ0n) is 13.1. The molecule has 1 N–H and O–H groups in total. The fourth-order valence-electron chi connectivity index (χ4n) is 3.15. The van der Waals surface area contributed by atoms with Crippen LogP contribution in [0.3, 0.4) is 0 Å². The minimum absolute atomic E-state index is 0.0311. The van der Waals surface area contributed by atoms with Crippen molar-refractivity contribution >= 4 is 23.2 Å². The zero-order valence-corrected chi connectivity index (χ0v) is 13.9. The van der Waals surface area contributed by atoms with Crippen molar-refractivity contribution < 1.29 is 19.0 Å². The summed E-state index contributed by atoms with van der Waals surface area (Å²) < 4.78 is 16.3. The summed E-state index contributed by atoms with van der Waals surface area (Å²) in [6.45, 7) is 2.66. The number of carbonyl (C=O) groups is 1. The van der Waals surface area contributed by atoms with Crippen LogP contribution in [0.4, 0.5) is 5.69 Å². The molecule has 0 aromatic heterocycles. The number of fused-ring (bicyclic) bond motifs is 2. The molecule has 5 nitrogen and oxygen atoms in total. The monoisotopic (exact) mass is 345 g/mol.